The molecule has 0 radical (unpaired) electrons. The van der Waals surface area contributed by atoms with E-state index in [2.05, 4.69) is 10.3 Å². The van der Waals surface area contributed by atoms with Gasteiger partial charge in [0.25, 0.3) is 5.91 Å². The number of aromatic nitrogens is 2. The van der Waals surface area contributed by atoms with Gasteiger partial charge in [0, 0.05) is 13.0 Å². The predicted molar refractivity (Wildman–Crippen MR) is 101 cm³/mol. The third-order valence-electron chi connectivity index (χ3n) is 4.03. The number of fused-ring (bicyclic) bond motifs is 1. The van der Waals surface area contributed by atoms with Gasteiger partial charge in [-0.25, -0.2) is 4.98 Å². The van der Waals surface area contributed by atoms with Crippen molar-refractivity contribution in [2.24, 2.45) is 5.73 Å². The van der Waals surface area contributed by atoms with Crippen LogP contribution < -0.4 is 11.1 Å². The molecule has 3 aromatic rings. The zero-order valence-electron chi connectivity index (χ0n) is 14.1. The molecule has 1 heterocycles. The number of rotatable bonds is 7. The first-order valence-corrected chi connectivity index (χ1v) is 8.69. The van der Waals surface area contributed by atoms with Gasteiger partial charge in [0.05, 0.1) is 21.6 Å². The molecule has 0 atom stereocenters. The SMILES string of the molecule is NC(=O)Cn1c(CCCNC(=O)c2ccccc2Cl)nc2ccccc21. The number of nitrogens with zero attached hydrogens (tertiary/aromatic N) is 2. The summed E-state index contributed by atoms with van der Waals surface area (Å²) in [6.45, 7) is 0.561. The van der Waals surface area contributed by atoms with Crippen LogP contribution in [0.25, 0.3) is 11.0 Å². The molecule has 0 bridgehead atoms. The summed E-state index contributed by atoms with van der Waals surface area (Å²) < 4.78 is 1.83. The van der Waals surface area contributed by atoms with Gasteiger partial charge in [0.15, 0.2) is 0 Å². The molecule has 26 heavy (non-hydrogen) atoms. The number of nitrogens with one attached hydrogen (secondary N) is 1. The van der Waals surface area contributed by atoms with E-state index in [1.165, 1.54) is 0 Å². The fraction of sp³-hybridized carbons (Fsp3) is 0.211. The average molecular weight is 371 g/mol. The number of imidazole rings is 1. The van der Waals surface area contributed by atoms with Gasteiger partial charge in [-0.15, -0.1) is 0 Å². The fourth-order valence-electron chi connectivity index (χ4n) is 2.84. The Morgan fingerprint density at radius 2 is 1.85 bits per heavy atom. The molecule has 0 saturated carbocycles. The number of halogens is 1. The highest BCUT2D eigenvalue weighted by Gasteiger charge is 2.13. The van der Waals surface area contributed by atoms with Crippen LogP contribution in [0.5, 0.6) is 0 Å². The molecule has 0 saturated heterocycles. The normalized spacial score (nSPS) is 10.8. The Labute approximate surface area is 156 Å². The summed E-state index contributed by atoms with van der Waals surface area (Å²) in [5.74, 6) is 0.152. The minimum absolute atomic E-state index is 0.0851. The van der Waals surface area contributed by atoms with E-state index >= 15 is 0 Å². The van der Waals surface area contributed by atoms with Crippen molar-refractivity contribution in [3.8, 4) is 0 Å². The molecule has 3 rings (SSSR count). The molecule has 134 valence electrons. The number of hydrogen-bond donors (Lipinski definition) is 2. The Balaban J connectivity index is 1.64. The molecule has 7 heteroatoms. The van der Waals surface area contributed by atoms with Gasteiger partial charge in [0.2, 0.25) is 5.91 Å². The van der Waals surface area contributed by atoms with Gasteiger partial charge in [-0.1, -0.05) is 35.9 Å². The van der Waals surface area contributed by atoms with Gasteiger partial charge < -0.3 is 15.6 Å². The van der Waals surface area contributed by atoms with Crippen molar-refractivity contribution in [1.29, 1.82) is 0 Å². The van der Waals surface area contributed by atoms with Crippen LogP contribution in [0, 0.1) is 0 Å². The molecule has 6 nitrogen and oxygen atoms in total. The van der Waals surface area contributed by atoms with Crippen molar-refractivity contribution < 1.29 is 9.59 Å². The molecule has 0 unspecified atom stereocenters. The van der Waals surface area contributed by atoms with Crippen LogP contribution in [0.2, 0.25) is 5.02 Å². The molecule has 0 aliphatic rings. The van der Waals surface area contributed by atoms with Crippen LogP contribution in [0.4, 0.5) is 0 Å². The van der Waals surface area contributed by atoms with Gasteiger partial charge in [-0.05, 0) is 30.7 Å². The Morgan fingerprint density at radius 3 is 2.62 bits per heavy atom. The highest BCUT2D eigenvalue weighted by molar-refractivity contribution is 6.33. The van der Waals surface area contributed by atoms with Gasteiger partial charge in [0.1, 0.15) is 12.4 Å². The van der Waals surface area contributed by atoms with E-state index in [9.17, 15) is 9.59 Å². The van der Waals surface area contributed by atoms with E-state index in [1.54, 1.807) is 24.3 Å². The first-order chi connectivity index (χ1) is 12.6. The highest BCUT2D eigenvalue weighted by Crippen LogP contribution is 2.17. The number of para-hydroxylation sites is 2. The lowest BCUT2D eigenvalue weighted by Crippen LogP contribution is -2.25. The Morgan fingerprint density at radius 1 is 1.12 bits per heavy atom. The molecular weight excluding hydrogens is 352 g/mol. The van der Waals surface area contributed by atoms with Gasteiger partial charge in [-0.2, -0.15) is 0 Å². The second kappa shape index (κ2) is 8.01. The third kappa shape index (κ3) is 4.03. The summed E-state index contributed by atoms with van der Waals surface area (Å²) in [4.78, 5) is 28.1. The maximum absolute atomic E-state index is 12.2. The number of benzene rings is 2. The lowest BCUT2D eigenvalue weighted by Gasteiger charge is -2.08. The molecule has 1 aromatic heterocycles. The van der Waals surface area contributed by atoms with Crippen LogP contribution in [-0.4, -0.2) is 27.9 Å². The van der Waals surface area contributed by atoms with Crippen molar-refractivity contribution in [3.05, 3.63) is 64.9 Å². The lowest BCUT2D eigenvalue weighted by atomic mass is 10.2. The molecule has 3 N–H and O–H groups in total. The number of carbonyl (C=O) groups is 2. The fourth-order valence-corrected chi connectivity index (χ4v) is 3.06. The van der Waals surface area contributed by atoms with Crippen LogP contribution >= 0.6 is 11.6 Å². The van der Waals surface area contributed by atoms with Gasteiger partial charge in [-0.3, -0.25) is 9.59 Å². The molecule has 2 aromatic carbocycles. The van der Waals surface area contributed by atoms with E-state index < -0.39 is 5.91 Å². The third-order valence-corrected chi connectivity index (χ3v) is 4.36. The average Bonchev–Trinajstić information content (AvgIpc) is 2.96. The van der Waals surface area contributed by atoms with Gasteiger partial charge >= 0.3 is 0 Å². The summed E-state index contributed by atoms with van der Waals surface area (Å²) in [5, 5.41) is 3.28. The maximum Gasteiger partial charge on any atom is 0.252 e. The first kappa shape index (κ1) is 17.9. The van der Waals surface area contributed by atoms with E-state index in [1.807, 2.05) is 28.8 Å². The smallest absolute Gasteiger partial charge is 0.252 e. The second-order valence-corrected chi connectivity index (χ2v) is 6.32. The second-order valence-electron chi connectivity index (χ2n) is 5.91. The monoisotopic (exact) mass is 370 g/mol. The Kier molecular flexibility index (Phi) is 5.53. The Bertz CT molecular complexity index is 952. The molecule has 0 spiro atoms. The predicted octanol–water partition coefficient (Wildman–Crippen LogP) is 2.54. The minimum Gasteiger partial charge on any atom is -0.368 e. The topological polar surface area (TPSA) is 90.0 Å². The zero-order valence-corrected chi connectivity index (χ0v) is 14.9. The molecule has 0 fully saturated rings. The van der Waals surface area contributed by atoms with E-state index in [4.69, 9.17) is 17.3 Å². The molecule has 0 aliphatic carbocycles. The number of hydrogen-bond acceptors (Lipinski definition) is 3. The quantitative estimate of drug-likeness (QED) is 0.626. The maximum atomic E-state index is 12.2. The lowest BCUT2D eigenvalue weighted by molar-refractivity contribution is -0.118. The highest BCUT2D eigenvalue weighted by atomic mass is 35.5. The molecule has 2 amide bonds. The van der Waals surface area contributed by atoms with Crippen molar-refractivity contribution in [2.45, 2.75) is 19.4 Å². The summed E-state index contributed by atoms with van der Waals surface area (Å²) in [6, 6.07) is 14.5. The van der Waals surface area contributed by atoms with Crippen LogP contribution in [0.3, 0.4) is 0 Å². The van der Waals surface area contributed by atoms with E-state index in [0.717, 1.165) is 16.9 Å². The first-order valence-electron chi connectivity index (χ1n) is 8.31. The minimum atomic E-state index is -0.415. The number of primary amides is 1. The standard InChI is InChI=1S/C19H19ClN4O2/c20-14-7-2-1-6-13(14)19(26)22-11-5-10-18-23-15-8-3-4-9-16(15)24(18)12-17(21)25/h1-4,6-9H,5,10-12H2,(H2,21,25)(H,22,26). The van der Waals surface area contributed by atoms with Crippen molar-refractivity contribution >= 4 is 34.4 Å². The van der Waals surface area contributed by atoms with Crippen LogP contribution in [0.15, 0.2) is 48.5 Å². The number of carbonyl (C=O) groups excluding carboxylic acids is 2. The molecular formula is C19H19ClN4O2. The van der Waals surface area contributed by atoms with Crippen molar-refractivity contribution in [2.75, 3.05) is 6.54 Å². The summed E-state index contributed by atoms with van der Waals surface area (Å²) in [6.07, 6.45) is 1.29. The van der Waals surface area contributed by atoms with E-state index in [0.29, 0.717) is 30.0 Å². The summed E-state index contributed by atoms with van der Waals surface area (Å²) >= 11 is 6.02. The number of amides is 2. The number of nitrogens with two attached hydrogens (primary N) is 1. The molecule has 0 aliphatic heterocycles. The van der Waals surface area contributed by atoms with Crippen molar-refractivity contribution in [1.82, 2.24) is 14.9 Å². The van der Waals surface area contributed by atoms with Crippen LogP contribution in [-0.2, 0) is 17.8 Å². The van der Waals surface area contributed by atoms with E-state index in [-0.39, 0.29) is 12.5 Å². The Hall–Kier alpha value is -2.86. The number of aryl methyl sites for hydroxylation is 1. The van der Waals surface area contributed by atoms with Crippen molar-refractivity contribution in [3.63, 3.8) is 0 Å². The summed E-state index contributed by atoms with van der Waals surface area (Å²) in [5.41, 5.74) is 7.51. The summed E-state index contributed by atoms with van der Waals surface area (Å²) in [7, 11) is 0. The largest absolute Gasteiger partial charge is 0.368 e. The zero-order chi connectivity index (χ0) is 18.5. The van der Waals surface area contributed by atoms with Crippen LogP contribution in [0.1, 0.15) is 22.6 Å².